The summed E-state index contributed by atoms with van der Waals surface area (Å²) in [5, 5.41) is 5.64. The first-order chi connectivity index (χ1) is 15.4. The van der Waals surface area contributed by atoms with Crippen LogP contribution in [0, 0.1) is 20.8 Å². The summed E-state index contributed by atoms with van der Waals surface area (Å²) >= 11 is 6.11. The summed E-state index contributed by atoms with van der Waals surface area (Å²) < 4.78 is 2.01. The Morgan fingerprint density at radius 1 is 0.938 bits per heavy atom. The lowest BCUT2D eigenvalue weighted by Crippen LogP contribution is -2.52. The summed E-state index contributed by atoms with van der Waals surface area (Å²) in [5.41, 5.74) is 7.60. The van der Waals surface area contributed by atoms with Crippen molar-refractivity contribution in [1.29, 1.82) is 0 Å². The third kappa shape index (κ3) is 3.71. The highest BCUT2D eigenvalue weighted by atomic mass is 35.5. The van der Waals surface area contributed by atoms with Gasteiger partial charge in [0.2, 0.25) is 0 Å². The van der Waals surface area contributed by atoms with Crippen LogP contribution in [-0.2, 0) is 0 Å². The van der Waals surface area contributed by atoms with Gasteiger partial charge in [-0.25, -0.2) is 4.98 Å². The van der Waals surface area contributed by atoms with E-state index in [-0.39, 0.29) is 0 Å². The smallest absolute Gasteiger partial charge is 0.165 e. The van der Waals surface area contributed by atoms with Gasteiger partial charge in [-0.05, 0) is 57.5 Å². The third-order valence-electron chi connectivity index (χ3n) is 6.32. The number of piperazine rings is 1. The molecule has 32 heavy (non-hydrogen) atoms. The molecule has 4 aromatic rings. The predicted molar refractivity (Wildman–Crippen MR) is 133 cm³/mol. The molecule has 1 aliphatic heterocycles. The molecular formula is C26H28ClN5. The second-order valence-corrected chi connectivity index (χ2v) is 9.22. The van der Waals surface area contributed by atoms with Crippen molar-refractivity contribution >= 4 is 28.8 Å². The Balaban J connectivity index is 1.50. The van der Waals surface area contributed by atoms with E-state index in [1.54, 1.807) is 0 Å². The van der Waals surface area contributed by atoms with Crippen molar-refractivity contribution in [3.8, 4) is 11.1 Å². The molecule has 164 valence electrons. The van der Waals surface area contributed by atoms with Crippen molar-refractivity contribution in [2.45, 2.75) is 33.7 Å². The summed E-state index contributed by atoms with van der Waals surface area (Å²) in [7, 11) is 0. The van der Waals surface area contributed by atoms with E-state index in [0.29, 0.717) is 6.04 Å². The molecule has 2 aromatic heterocycles. The highest BCUT2D eigenvalue weighted by Crippen LogP contribution is 2.32. The van der Waals surface area contributed by atoms with Crippen LogP contribution in [0.4, 0.5) is 11.5 Å². The molecule has 0 amide bonds. The molecule has 2 aromatic carbocycles. The maximum Gasteiger partial charge on any atom is 0.165 e. The first-order valence-electron chi connectivity index (χ1n) is 11.1. The molecule has 0 N–H and O–H groups in total. The van der Waals surface area contributed by atoms with Crippen LogP contribution in [0.3, 0.4) is 0 Å². The minimum Gasteiger partial charge on any atom is -0.365 e. The molecule has 5 nitrogen and oxygen atoms in total. The quantitative estimate of drug-likeness (QED) is 0.406. The Bertz CT molecular complexity index is 1260. The molecule has 0 bridgehead atoms. The molecule has 6 heteroatoms. The van der Waals surface area contributed by atoms with Gasteiger partial charge in [0.15, 0.2) is 5.65 Å². The minimum atomic E-state index is 0.391. The van der Waals surface area contributed by atoms with E-state index in [9.17, 15) is 0 Å². The molecule has 0 aliphatic carbocycles. The number of aryl methyl sites for hydroxylation is 3. The second kappa shape index (κ2) is 8.14. The van der Waals surface area contributed by atoms with E-state index < -0.39 is 0 Å². The van der Waals surface area contributed by atoms with Gasteiger partial charge in [0.1, 0.15) is 5.82 Å². The van der Waals surface area contributed by atoms with E-state index in [0.717, 1.165) is 58.6 Å². The Hall–Kier alpha value is -3.05. The fourth-order valence-electron chi connectivity index (χ4n) is 4.69. The van der Waals surface area contributed by atoms with Crippen LogP contribution >= 0.6 is 11.6 Å². The standard InChI is InChI=1S/C26H28ClN5/c1-17-5-11-23(12-6-17)31-14-13-30(16-19(31)3)24-15-18(2)28-26-25(20(4)29-32(24)26)21-7-9-22(27)10-8-21/h5-12,15,19H,13-14,16H2,1-4H3/t19-/m1/s1. The van der Waals surface area contributed by atoms with Crippen LogP contribution in [-0.4, -0.2) is 40.3 Å². The largest absolute Gasteiger partial charge is 0.365 e. The van der Waals surface area contributed by atoms with Crippen LogP contribution in [0.5, 0.6) is 0 Å². The molecule has 1 saturated heterocycles. The van der Waals surface area contributed by atoms with Crippen molar-refractivity contribution in [1.82, 2.24) is 14.6 Å². The van der Waals surface area contributed by atoms with Gasteiger partial charge < -0.3 is 9.80 Å². The SMILES string of the molecule is Cc1ccc(N2CCN(c3cc(C)nc4c(-c5ccc(Cl)cc5)c(C)nn34)C[C@H]2C)cc1. The van der Waals surface area contributed by atoms with Crippen LogP contribution in [0.25, 0.3) is 16.8 Å². The number of hydrogen-bond donors (Lipinski definition) is 0. The Labute approximate surface area is 194 Å². The molecule has 5 rings (SSSR count). The van der Waals surface area contributed by atoms with E-state index in [1.807, 2.05) is 28.8 Å². The lowest BCUT2D eigenvalue weighted by Gasteiger charge is -2.42. The topological polar surface area (TPSA) is 36.7 Å². The van der Waals surface area contributed by atoms with Gasteiger partial charge in [-0.2, -0.15) is 9.61 Å². The van der Waals surface area contributed by atoms with E-state index in [2.05, 4.69) is 67.8 Å². The van der Waals surface area contributed by atoms with Crippen LogP contribution < -0.4 is 9.80 Å². The monoisotopic (exact) mass is 445 g/mol. The maximum absolute atomic E-state index is 6.11. The summed E-state index contributed by atoms with van der Waals surface area (Å²) in [6.07, 6.45) is 0. The normalized spacial score (nSPS) is 16.7. The van der Waals surface area contributed by atoms with E-state index >= 15 is 0 Å². The molecule has 0 spiro atoms. The van der Waals surface area contributed by atoms with Crippen molar-refractivity contribution in [2.75, 3.05) is 29.4 Å². The van der Waals surface area contributed by atoms with Gasteiger partial charge in [0.25, 0.3) is 0 Å². The maximum atomic E-state index is 6.11. The Morgan fingerprint density at radius 2 is 1.66 bits per heavy atom. The lowest BCUT2D eigenvalue weighted by atomic mass is 10.1. The van der Waals surface area contributed by atoms with Gasteiger partial charge >= 0.3 is 0 Å². The first kappa shape index (κ1) is 20.8. The van der Waals surface area contributed by atoms with Gasteiger partial charge in [-0.3, -0.25) is 0 Å². The predicted octanol–water partition coefficient (Wildman–Crippen LogP) is 5.69. The van der Waals surface area contributed by atoms with E-state index in [4.69, 9.17) is 21.7 Å². The molecule has 1 aliphatic rings. The number of benzene rings is 2. The molecule has 1 atom stereocenters. The van der Waals surface area contributed by atoms with Gasteiger partial charge in [0.05, 0.1) is 5.69 Å². The summed E-state index contributed by atoms with van der Waals surface area (Å²) in [6.45, 7) is 11.4. The molecular weight excluding hydrogens is 418 g/mol. The highest BCUT2D eigenvalue weighted by Gasteiger charge is 2.27. The zero-order chi connectivity index (χ0) is 22.4. The van der Waals surface area contributed by atoms with Crippen LogP contribution in [0.2, 0.25) is 5.02 Å². The summed E-state index contributed by atoms with van der Waals surface area (Å²) in [5.74, 6) is 1.10. The van der Waals surface area contributed by atoms with Crippen molar-refractivity contribution in [2.24, 2.45) is 0 Å². The minimum absolute atomic E-state index is 0.391. The fraction of sp³-hybridized carbons (Fsp3) is 0.308. The van der Waals surface area contributed by atoms with Crippen LogP contribution in [0.1, 0.15) is 23.9 Å². The van der Waals surface area contributed by atoms with Crippen molar-refractivity contribution in [3.63, 3.8) is 0 Å². The molecule has 3 heterocycles. The second-order valence-electron chi connectivity index (χ2n) is 8.78. The van der Waals surface area contributed by atoms with Crippen molar-refractivity contribution in [3.05, 3.63) is 76.6 Å². The average molecular weight is 446 g/mol. The number of rotatable bonds is 3. The third-order valence-corrected chi connectivity index (χ3v) is 6.58. The first-order valence-corrected chi connectivity index (χ1v) is 11.5. The zero-order valence-electron chi connectivity index (χ0n) is 19.0. The Kier molecular flexibility index (Phi) is 5.30. The fourth-order valence-corrected chi connectivity index (χ4v) is 4.82. The van der Waals surface area contributed by atoms with Gasteiger partial charge in [-0.1, -0.05) is 41.4 Å². The summed E-state index contributed by atoms with van der Waals surface area (Å²) in [6, 6.07) is 19.3. The number of aromatic nitrogens is 3. The highest BCUT2D eigenvalue weighted by molar-refractivity contribution is 6.30. The van der Waals surface area contributed by atoms with Gasteiger partial charge in [0, 0.05) is 53.7 Å². The summed E-state index contributed by atoms with van der Waals surface area (Å²) in [4.78, 5) is 9.81. The number of anilines is 2. The number of halogens is 1. The molecule has 1 fully saturated rings. The van der Waals surface area contributed by atoms with Gasteiger partial charge in [-0.15, -0.1) is 0 Å². The van der Waals surface area contributed by atoms with Crippen LogP contribution in [0.15, 0.2) is 54.6 Å². The van der Waals surface area contributed by atoms with Crippen molar-refractivity contribution < 1.29 is 0 Å². The molecule has 0 saturated carbocycles. The number of fused-ring (bicyclic) bond motifs is 1. The average Bonchev–Trinajstić information content (AvgIpc) is 3.10. The zero-order valence-corrected chi connectivity index (χ0v) is 19.8. The van der Waals surface area contributed by atoms with E-state index in [1.165, 1.54) is 11.3 Å². The number of nitrogens with zero attached hydrogens (tertiary/aromatic N) is 5. The lowest BCUT2D eigenvalue weighted by molar-refractivity contribution is 0.543. The molecule has 0 radical (unpaired) electrons. The molecule has 0 unspecified atom stereocenters. The Morgan fingerprint density at radius 3 is 2.34 bits per heavy atom. The number of hydrogen-bond acceptors (Lipinski definition) is 4.